The van der Waals surface area contributed by atoms with Gasteiger partial charge in [0.2, 0.25) is 0 Å². The summed E-state index contributed by atoms with van der Waals surface area (Å²) in [5, 5.41) is 8.47. The molecule has 3 aromatic rings. The molecule has 0 aromatic carbocycles. The summed E-state index contributed by atoms with van der Waals surface area (Å²) in [6, 6.07) is 5.78. The van der Waals surface area contributed by atoms with E-state index in [1.165, 1.54) is 6.26 Å². The van der Waals surface area contributed by atoms with Crippen molar-refractivity contribution in [2.45, 2.75) is 6.54 Å². The quantitative estimate of drug-likeness (QED) is 0.542. The Morgan fingerprint density at radius 2 is 2.33 bits per heavy atom. The van der Waals surface area contributed by atoms with Crippen LogP contribution >= 0.6 is 0 Å². The van der Waals surface area contributed by atoms with Gasteiger partial charge in [-0.15, -0.1) is 0 Å². The minimum Gasteiger partial charge on any atom is -0.467 e. The van der Waals surface area contributed by atoms with Crippen molar-refractivity contribution >= 4 is 16.7 Å². The third-order valence-electron chi connectivity index (χ3n) is 2.87. The highest BCUT2D eigenvalue weighted by Gasteiger charge is 2.06. The van der Waals surface area contributed by atoms with Crippen LogP contribution in [0.15, 0.2) is 47.5 Å². The molecule has 3 heterocycles. The van der Waals surface area contributed by atoms with Crippen LogP contribution in [0.1, 0.15) is 11.3 Å². The zero-order valence-corrected chi connectivity index (χ0v) is 9.63. The van der Waals surface area contributed by atoms with E-state index in [2.05, 4.69) is 4.98 Å². The smallest absolute Gasteiger partial charge is 0.126 e. The summed E-state index contributed by atoms with van der Waals surface area (Å²) in [4.78, 5) is 4.12. The molecule has 0 aliphatic heterocycles. The lowest BCUT2D eigenvalue weighted by atomic mass is 10.3. The van der Waals surface area contributed by atoms with Gasteiger partial charge in [0.25, 0.3) is 0 Å². The highest BCUT2D eigenvalue weighted by molar-refractivity contribution is 5.94. The Bertz CT molecular complexity index is 710. The maximum absolute atomic E-state index is 7.33. The molecule has 5 nitrogen and oxygen atoms in total. The Kier molecular flexibility index (Phi) is 2.37. The number of nitrogen functional groups attached to an aromatic ring is 1. The molecule has 0 atom stereocenters. The van der Waals surface area contributed by atoms with E-state index < -0.39 is 0 Å². The standard InChI is InChI=1S/C13H12N4O/c14-13(15)10-5-11(18-8-10)7-17-4-2-9-1-3-16-6-12(9)17/h1-6,8H,7H2,(H3,14,15). The highest BCUT2D eigenvalue weighted by atomic mass is 16.3. The average Bonchev–Trinajstić information content (AvgIpc) is 2.98. The number of rotatable bonds is 3. The first-order valence-electron chi connectivity index (χ1n) is 5.55. The fourth-order valence-electron chi connectivity index (χ4n) is 1.94. The first-order valence-corrected chi connectivity index (χ1v) is 5.55. The third kappa shape index (κ3) is 1.75. The number of furan rings is 1. The van der Waals surface area contributed by atoms with E-state index in [1.807, 2.05) is 29.1 Å². The summed E-state index contributed by atoms with van der Waals surface area (Å²) in [6.07, 6.45) is 7.08. The first-order chi connectivity index (χ1) is 8.74. The van der Waals surface area contributed by atoms with Gasteiger partial charge in [-0.05, 0) is 18.2 Å². The summed E-state index contributed by atoms with van der Waals surface area (Å²) in [5.74, 6) is 0.783. The maximum atomic E-state index is 7.33. The normalized spacial score (nSPS) is 10.9. The molecule has 0 bridgehead atoms. The van der Waals surface area contributed by atoms with Gasteiger partial charge in [-0.2, -0.15) is 0 Å². The van der Waals surface area contributed by atoms with Crippen LogP contribution in [0, 0.1) is 5.41 Å². The molecular weight excluding hydrogens is 228 g/mol. The number of nitrogens with zero attached hydrogens (tertiary/aromatic N) is 2. The molecule has 0 aliphatic carbocycles. The topological polar surface area (TPSA) is 80.8 Å². The number of nitrogens with one attached hydrogen (secondary N) is 1. The Hall–Kier alpha value is -2.56. The van der Waals surface area contributed by atoms with Gasteiger partial charge in [0.1, 0.15) is 17.9 Å². The van der Waals surface area contributed by atoms with E-state index in [4.69, 9.17) is 15.6 Å². The number of fused-ring (bicyclic) bond motifs is 1. The van der Waals surface area contributed by atoms with Gasteiger partial charge < -0.3 is 14.7 Å². The fraction of sp³-hybridized carbons (Fsp3) is 0.0769. The predicted octanol–water partition coefficient (Wildman–Crippen LogP) is 1.96. The molecule has 0 amide bonds. The van der Waals surface area contributed by atoms with Gasteiger partial charge in [-0.3, -0.25) is 10.4 Å². The van der Waals surface area contributed by atoms with E-state index in [0.717, 1.165) is 16.7 Å². The van der Waals surface area contributed by atoms with Crippen LogP contribution in [-0.4, -0.2) is 15.4 Å². The SMILES string of the molecule is N=C(N)c1coc(Cn2ccc3ccncc32)c1. The summed E-state index contributed by atoms with van der Waals surface area (Å²) in [6.45, 7) is 0.600. The van der Waals surface area contributed by atoms with Crippen LogP contribution in [0.2, 0.25) is 0 Å². The molecule has 0 aliphatic rings. The Balaban J connectivity index is 1.93. The minimum absolute atomic E-state index is 0.0176. The molecule has 0 saturated carbocycles. The molecule has 18 heavy (non-hydrogen) atoms. The molecule has 3 aromatic heterocycles. The molecule has 5 heteroatoms. The Morgan fingerprint density at radius 1 is 1.44 bits per heavy atom. The number of amidine groups is 1. The molecule has 0 unspecified atom stereocenters. The van der Waals surface area contributed by atoms with Gasteiger partial charge in [0.15, 0.2) is 0 Å². The van der Waals surface area contributed by atoms with E-state index >= 15 is 0 Å². The van der Waals surface area contributed by atoms with Crippen LogP contribution in [0.3, 0.4) is 0 Å². The van der Waals surface area contributed by atoms with Crippen molar-refractivity contribution < 1.29 is 4.42 Å². The largest absolute Gasteiger partial charge is 0.467 e. The number of aromatic nitrogens is 2. The molecule has 90 valence electrons. The number of pyridine rings is 1. The van der Waals surface area contributed by atoms with E-state index in [-0.39, 0.29) is 5.84 Å². The number of hydrogen-bond donors (Lipinski definition) is 2. The van der Waals surface area contributed by atoms with Crippen molar-refractivity contribution in [3.8, 4) is 0 Å². The highest BCUT2D eigenvalue weighted by Crippen LogP contribution is 2.16. The van der Waals surface area contributed by atoms with Crippen molar-refractivity contribution in [3.05, 3.63) is 54.4 Å². The van der Waals surface area contributed by atoms with E-state index in [9.17, 15) is 0 Å². The molecular formula is C13H12N4O. The van der Waals surface area contributed by atoms with Gasteiger partial charge in [0.05, 0.1) is 23.8 Å². The second-order valence-electron chi connectivity index (χ2n) is 4.09. The zero-order valence-electron chi connectivity index (χ0n) is 9.63. The fourth-order valence-corrected chi connectivity index (χ4v) is 1.94. The van der Waals surface area contributed by atoms with Crippen LogP contribution < -0.4 is 5.73 Å². The first kappa shape index (κ1) is 10.6. The van der Waals surface area contributed by atoms with Crippen molar-refractivity contribution in [3.63, 3.8) is 0 Å². The van der Waals surface area contributed by atoms with E-state index in [0.29, 0.717) is 12.1 Å². The maximum Gasteiger partial charge on any atom is 0.126 e. The van der Waals surface area contributed by atoms with Crippen molar-refractivity contribution in [1.29, 1.82) is 5.41 Å². The second kappa shape index (κ2) is 4.03. The number of hydrogen-bond acceptors (Lipinski definition) is 3. The van der Waals surface area contributed by atoms with Gasteiger partial charge in [-0.25, -0.2) is 0 Å². The van der Waals surface area contributed by atoms with Crippen molar-refractivity contribution in [2.24, 2.45) is 5.73 Å². The summed E-state index contributed by atoms with van der Waals surface area (Å²) in [5.41, 5.74) is 7.06. The molecule has 3 N–H and O–H groups in total. The zero-order chi connectivity index (χ0) is 12.5. The van der Waals surface area contributed by atoms with Crippen LogP contribution in [0.4, 0.5) is 0 Å². The lowest BCUT2D eigenvalue weighted by molar-refractivity contribution is 0.496. The molecule has 0 spiro atoms. The summed E-state index contributed by atoms with van der Waals surface area (Å²) < 4.78 is 7.43. The lowest BCUT2D eigenvalue weighted by Crippen LogP contribution is -2.09. The average molecular weight is 240 g/mol. The second-order valence-corrected chi connectivity index (χ2v) is 4.09. The van der Waals surface area contributed by atoms with Gasteiger partial charge in [-0.1, -0.05) is 0 Å². The number of nitrogens with two attached hydrogens (primary N) is 1. The Morgan fingerprint density at radius 3 is 3.11 bits per heavy atom. The van der Waals surface area contributed by atoms with Crippen LogP contribution in [0.25, 0.3) is 10.9 Å². The van der Waals surface area contributed by atoms with Gasteiger partial charge >= 0.3 is 0 Å². The Labute approximate surface area is 103 Å². The van der Waals surface area contributed by atoms with E-state index in [1.54, 1.807) is 12.3 Å². The van der Waals surface area contributed by atoms with Gasteiger partial charge in [0, 0.05) is 17.8 Å². The molecule has 0 fully saturated rings. The minimum atomic E-state index is 0.0176. The molecule has 0 radical (unpaired) electrons. The predicted molar refractivity (Wildman–Crippen MR) is 68.6 cm³/mol. The molecule has 0 saturated heterocycles. The molecule has 3 rings (SSSR count). The third-order valence-corrected chi connectivity index (χ3v) is 2.87. The summed E-state index contributed by atoms with van der Waals surface area (Å²) >= 11 is 0. The summed E-state index contributed by atoms with van der Waals surface area (Å²) in [7, 11) is 0. The van der Waals surface area contributed by atoms with Crippen molar-refractivity contribution in [1.82, 2.24) is 9.55 Å². The van der Waals surface area contributed by atoms with Crippen molar-refractivity contribution in [2.75, 3.05) is 0 Å². The van der Waals surface area contributed by atoms with Crippen LogP contribution in [-0.2, 0) is 6.54 Å². The van der Waals surface area contributed by atoms with Crippen LogP contribution in [0.5, 0.6) is 0 Å². The lowest BCUT2D eigenvalue weighted by Gasteiger charge is -2.01. The monoisotopic (exact) mass is 240 g/mol.